The summed E-state index contributed by atoms with van der Waals surface area (Å²) in [5.74, 6) is -0.739. The van der Waals surface area contributed by atoms with E-state index in [2.05, 4.69) is 5.32 Å². The Bertz CT molecular complexity index is 901. The quantitative estimate of drug-likeness (QED) is 0.645. The number of anilines is 2. The highest BCUT2D eigenvalue weighted by molar-refractivity contribution is 6.31. The summed E-state index contributed by atoms with van der Waals surface area (Å²) in [4.78, 5) is 16.2. The molecule has 1 heterocycles. The fraction of sp³-hybridized carbons (Fsp3) is 0.200. The molecule has 5 nitrogen and oxygen atoms in total. The number of halogens is 2. The average Bonchev–Trinajstić information content (AvgIpc) is 2.67. The van der Waals surface area contributed by atoms with Crippen molar-refractivity contribution >= 4 is 28.9 Å². The summed E-state index contributed by atoms with van der Waals surface area (Å²) in [5, 5.41) is 12.5. The predicted molar refractivity (Wildman–Crippen MR) is 104 cm³/mol. The van der Waals surface area contributed by atoms with Crippen molar-refractivity contribution in [2.75, 3.05) is 36.4 Å². The molecular formula is C20H18ClFN4O. The SMILES string of the molecule is N#C/C(=C/N1CCN(c2ccccc2F)CC1)C(=O)Nc1cccc(Cl)c1. The molecule has 0 atom stereocenters. The van der Waals surface area contributed by atoms with E-state index >= 15 is 0 Å². The van der Waals surface area contributed by atoms with Crippen molar-refractivity contribution in [3.63, 3.8) is 0 Å². The smallest absolute Gasteiger partial charge is 0.267 e. The normalized spacial score (nSPS) is 14.6. The number of piperazine rings is 1. The van der Waals surface area contributed by atoms with Crippen LogP contribution in [0.1, 0.15) is 0 Å². The molecule has 1 aliphatic heterocycles. The highest BCUT2D eigenvalue weighted by Gasteiger charge is 2.19. The van der Waals surface area contributed by atoms with Crippen LogP contribution in [0.15, 0.2) is 60.3 Å². The maximum absolute atomic E-state index is 13.9. The van der Waals surface area contributed by atoms with E-state index in [1.807, 2.05) is 15.9 Å². The molecule has 0 aromatic heterocycles. The van der Waals surface area contributed by atoms with Gasteiger partial charge in [0.1, 0.15) is 17.5 Å². The van der Waals surface area contributed by atoms with Crippen LogP contribution in [0.25, 0.3) is 0 Å². The summed E-state index contributed by atoms with van der Waals surface area (Å²) in [7, 11) is 0. The highest BCUT2D eigenvalue weighted by Crippen LogP contribution is 2.20. The Morgan fingerprint density at radius 3 is 2.56 bits per heavy atom. The molecule has 0 unspecified atom stereocenters. The zero-order valence-corrected chi connectivity index (χ0v) is 15.3. The maximum Gasteiger partial charge on any atom is 0.267 e. The maximum atomic E-state index is 13.9. The Morgan fingerprint density at radius 1 is 1.15 bits per heavy atom. The van der Waals surface area contributed by atoms with Gasteiger partial charge in [0.05, 0.1) is 5.69 Å². The summed E-state index contributed by atoms with van der Waals surface area (Å²) in [5.41, 5.74) is 1.10. The molecule has 1 aliphatic rings. The summed E-state index contributed by atoms with van der Waals surface area (Å²) in [6.45, 7) is 2.38. The number of hydrogen-bond donors (Lipinski definition) is 1. The zero-order valence-electron chi connectivity index (χ0n) is 14.5. The lowest BCUT2D eigenvalue weighted by Crippen LogP contribution is -2.44. The number of rotatable bonds is 4. The van der Waals surface area contributed by atoms with Gasteiger partial charge in [-0.05, 0) is 30.3 Å². The number of para-hydroxylation sites is 1. The van der Waals surface area contributed by atoms with Crippen LogP contribution in [0.3, 0.4) is 0 Å². The largest absolute Gasteiger partial charge is 0.373 e. The van der Waals surface area contributed by atoms with Crippen LogP contribution in [0.2, 0.25) is 5.02 Å². The Balaban J connectivity index is 1.63. The fourth-order valence-electron chi connectivity index (χ4n) is 2.89. The Morgan fingerprint density at radius 2 is 1.89 bits per heavy atom. The van der Waals surface area contributed by atoms with Gasteiger partial charge in [0, 0.05) is 43.1 Å². The van der Waals surface area contributed by atoms with Gasteiger partial charge in [-0.15, -0.1) is 0 Å². The molecule has 2 aromatic rings. The summed E-state index contributed by atoms with van der Waals surface area (Å²) < 4.78 is 13.9. The van der Waals surface area contributed by atoms with E-state index in [1.54, 1.807) is 48.7 Å². The van der Waals surface area contributed by atoms with Crippen LogP contribution in [0, 0.1) is 17.1 Å². The van der Waals surface area contributed by atoms with Gasteiger partial charge in [-0.2, -0.15) is 5.26 Å². The second-order valence-electron chi connectivity index (χ2n) is 6.09. The molecule has 7 heteroatoms. The van der Waals surface area contributed by atoms with E-state index in [0.29, 0.717) is 42.6 Å². The number of benzene rings is 2. The van der Waals surface area contributed by atoms with Gasteiger partial charge in [0.25, 0.3) is 5.91 Å². The highest BCUT2D eigenvalue weighted by atomic mass is 35.5. The molecule has 138 valence electrons. The number of amides is 1. The molecular weight excluding hydrogens is 367 g/mol. The van der Waals surface area contributed by atoms with Gasteiger partial charge in [-0.1, -0.05) is 29.8 Å². The minimum absolute atomic E-state index is 0.00863. The summed E-state index contributed by atoms with van der Waals surface area (Å²) in [6.07, 6.45) is 1.55. The minimum Gasteiger partial charge on any atom is -0.373 e. The van der Waals surface area contributed by atoms with E-state index in [0.717, 1.165) is 0 Å². The van der Waals surface area contributed by atoms with Gasteiger partial charge in [-0.3, -0.25) is 4.79 Å². The van der Waals surface area contributed by atoms with Crippen molar-refractivity contribution < 1.29 is 9.18 Å². The predicted octanol–water partition coefficient (Wildman–Crippen LogP) is 3.65. The Hall–Kier alpha value is -3.04. The average molecular weight is 385 g/mol. The molecule has 0 bridgehead atoms. The number of carbonyl (C=O) groups is 1. The first-order valence-electron chi connectivity index (χ1n) is 8.49. The molecule has 0 spiro atoms. The molecule has 0 aliphatic carbocycles. The molecule has 1 N–H and O–H groups in total. The summed E-state index contributed by atoms with van der Waals surface area (Å²) >= 11 is 5.90. The number of hydrogen-bond acceptors (Lipinski definition) is 4. The monoisotopic (exact) mass is 384 g/mol. The lowest BCUT2D eigenvalue weighted by atomic mass is 10.2. The van der Waals surface area contributed by atoms with Gasteiger partial charge >= 0.3 is 0 Å². The van der Waals surface area contributed by atoms with E-state index in [9.17, 15) is 14.4 Å². The van der Waals surface area contributed by atoms with Crippen molar-refractivity contribution in [1.29, 1.82) is 5.26 Å². The van der Waals surface area contributed by atoms with Gasteiger partial charge in [0.2, 0.25) is 0 Å². The standard InChI is InChI=1S/C20H18ClFN4O/c21-16-4-3-5-17(12-16)24-20(27)15(13-23)14-25-8-10-26(11-9-25)19-7-2-1-6-18(19)22/h1-7,12,14H,8-11H2,(H,24,27)/b15-14-. The molecule has 1 saturated heterocycles. The van der Waals surface area contributed by atoms with Crippen molar-refractivity contribution in [1.82, 2.24) is 4.90 Å². The van der Waals surface area contributed by atoms with Gasteiger partial charge in [0.15, 0.2) is 0 Å². The first-order chi connectivity index (χ1) is 13.1. The van der Waals surface area contributed by atoms with Crippen molar-refractivity contribution in [2.45, 2.75) is 0 Å². The molecule has 1 amide bonds. The lowest BCUT2D eigenvalue weighted by molar-refractivity contribution is -0.112. The molecule has 27 heavy (non-hydrogen) atoms. The second kappa shape index (κ2) is 8.56. The Kier molecular flexibility index (Phi) is 5.94. The first kappa shape index (κ1) is 18.7. The van der Waals surface area contributed by atoms with Crippen LogP contribution >= 0.6 is 11.6 Å². The fourth-order valence-corrected chi connectivity index (χ4v) is 3.08. The Labute approximate surface area is 162 Å². The number of nitrogens with zero attached hydrogens (tertiary/aromatic N) is 3. The molecule has 0 saturated carbocycles. The van der Waals surface area contributed by atoms with Crippen molar-refractivity contribution in [3.8, 4) is 6.07 Å². The number of carbonyl (C=O) groups excluding carboxylic acids is 1. The van der Waals surface area contributed by atoms with Crippen LogP contribution in [-0.2, 0) is 4.79 Å². The van der Waals surface area contributed by atoms with Crippen LogP contribution in [-0.4, -0.2) is 37.0 Å². The number of nitriles is 1. The third-order valence-electron chi connectivity index (χ3n) is 4.27. The third kappa shape index (κ3) is 4.78. The van der Waals surface area contributed by atoms with E-state index < -0.39 is 5.91 Å². The van der Waals surface area contributed by atoms with E-state index in [1.165, 1.54) is 6.07 Å². The zero-order chi connectivity index (χ0) is 19.2. The molecule has 0 radical (unpaired) electrons. The van der Waals surface area contributed by atoms with Gasteiger partial charge in [-0.25, -0.2) is 4.39 Å². The van der Waals surface area contributed by atoms with Crippen LogP contribution in [0.5, 0.6) is 0 Å². The molecule has 1 fully saturated rings. The van der Waals surface area contributed by atoms with E-state index in [-0.39, 0.29) is 11.4 Å². The molecule has 3 rings (SSSR count). The third-order valence-corrected chi connectivity index (χ3v) is 4.50. The van der Waals surface area contributed by atoms with Crippen LogP contribution in [0.4, 0.5) is 15.8 Å². The van der Waals surface area contributed by atoms with Crippen molar-refractivity contribution in [2.24, 2.45) is 0 Å². The minimum atomic E-state index is -0.490. The molecule has 2 aromatic carbocycles. The second-order valence-corrected chi connectivity index (χ2v) is 6.53. The topological polar surface area (TPSA) is 59.4 Å². The number of nitrogens with one attached hydrogen (secondary N) is 1. The van der Waals surface area contributed by atoms with Crippen LogP contribution < -0.4 is 10.2 Å². The summed E-state index contributed by atoms with van der Waals surface area (Å²) in [6, 6.07) is 15.3. The lowest BCUT2D eigenvalue weighted by Gasteiger charge is -2.35. The van der Waals surface area contributed by atoms with Crippen molar-refractivity contribution in [3.05, 3.63) is 71.1 Å². The van der Waals surface area contributed by atoms with E-state index in [4.69, 9.17) is 11.6 Å². The van der Waals surface area contributed by atoms with Gasteiger partial charge < -0.3 is 15.1 Å². The first-order valence-corrected chi connectivity index (χ1v) is 8.87.